The summed E-state index contributed by atoms with van der Waals surface area (Å²) in [5, 5.41) is 9.65. The van der Waals surface area contributed by atoms with E-state index in [4.69, 9.17) is 5.41 Å². The third kappa shape index (κ3) is 6.13. The van der Waals surface area contributed by atoms with Gasteiger partial charge in [-0.05, 0) is 48.9 Å². The van der Waals surface area contributed by atoms with Crippen LogP contribution in [0.4, 0.5) is 32.0 Å². The summed E-state index contributed by atoms with van der Waals surface area (Å²) in [5.41, 5.74) is -2.83. The van der Waals surface area contributed by atoms with Crippen LogP contribution >= 0.6 is 11.3 Å². The van der Waals surface area contributed by atoms with Crippen molar-refractivity contribution in [3.8, 4) is 10.4 Å². The molecule has 0 bridgehead atoms. The summed E-state index contributed by atoms with van der Waals surface area (Å²) < 4.78 is 104. The molecule has 0 saturated heterocycles. The van der Waals surface area contributed by atoms with Gasteiger partial charge in [0.1, 0.15) is 5.71 Å². The number of halogens is 6. The van der Waals surface area contributed by atoms with Gasteiger partial charge in [0.2, 0.25) is 0 Å². The van der Waals surface area contributed by atoms with Gasteiger partial charge < -0.3 is 5.32 Å². The minimum atomic E-state index is -5.02. The number of benzene rings is 1. The van der Waals surface area contributed by atoms with Gasteiger partial charge in [-0.25, -0.2) is 13.4 Å². The number of nitrogens with zero attached hydrogens (tertiary/aromatic N) is 1. The average Bonchev–Trinajstić information content (AvgIpc) is 3.27. The molecule has 36 heavy (non-hydrogen) atoms. The molecule has 2 heterocycles. The molecule has 2 aromatic heterocycles. The van der Waals surface area contributed by atoms with Crippen LogP contribution in [-0.4, -0.2) is 31.0 Å². The molecule has 0 radical (unpaired) electrons. The topological polar surface area (TPSA) is 82.9 Å². The fraction of sp³-hybridized carbons (Fsp3) is 0.217. The van der Waals surface area contributed by atoms with Crippen molar-refractivity contribution in [3.05, 3.63) is 70.7 Å². The summed E-state index contributed by atoms with van der Waals surface area (Å²) in [7, 11) is -3.56. The maximum atomic E-state index is 13.4. The Morgan fingerprint density at radius 3 is 2.36 bits per heavy atom. The van der Waals surface area contributed by atoms with Gasteiger partial charge in [0.25, 0.3) is 0 Å². The number of aromatic nitrogens is 1. The van der Waals surface area contributed by atoms with Gasteiger partial charge in [0.05, 0.1) is 27.6 Å². The van der Waals surface area contributed by atoms with E-state index in [0.717, 1.165) is 29.5 Å². The number of sulfone groups is 1. The van der Waals surface area contributed by atoms with Crippen LogP contribution in [0.25, 0.3) is 16.1 Å². The molecule has 0 spiro atoms. The number of thiophene rings is 1. The third-order valence-corrected chi connectivity index (χ3v) is 7.90. The fourth-order valence-corrected chi connectivity index (χ4v) is 5.17. The largest absolute Gasteiger partial charge is 0.432 e. The second-order valence-electron chi connectivity index (χ2n) is 7.55. The SMILES string of the molecule is CCS(=O)(=O)c1ncc(-c2ccc(/C(=C/C(=N)C(F)(F)F)Nc3ccccc3C(F)(F)F)s2)cc1C. The first-order valence-corrected chi connectivity index (χ1v) is 12.7. The molecular weight excluding hydrogens is 528 g/mol. The number of nitrogens with one attached hydrogen (secondary N) is 2. The van der Waals surface area contributed by atoms with E-state index in [1.807, 2.05) is 0 Å². The van der Waals surface area contributed by atoms with E-state index in [9.17, 15) is 34.8 Å². The van der Waals surface area contributed by atoms with E-state index in [0.29, 0.717) is 22.1 Å². The highest BCUT2D eigenvalue weighted by Gasteiger charge is 2.35. The van der Waals surface area contributed by atoms with Crippen LogP contribution in [0.5, 0.6) is 0 Å². The van der Waals surface area contributed by atoms with Crippen LogP contribution < -0.4 is 5.32 Å². The van der Waals surface area contributed by atoms with Crippen molar-refractivity contribution in [1.82, 2.24) is 4.98 Å². The first kappa shape index (κ1) is 27.4. The molecule has 0 amide bonds. The Balaban J connectivity index is 2.06. The number of pyridine rings is 1. The first-order chi connectivity index (χ1) is 16.6. The van der Waals surface area contributed by atoms with E-state index in [2.05, 4.69) is 10.3 Å². The van der Waals surface area contributed by atoms with Gasteiger partial charge in [-0.2, -0.15) is 26.3 Å². The second kappa shape index (κ2) is 10.1. The quantitative estimate of drug-likeness (QED) is 0.247. The summed E-state index contributed by atoms with van der Waals surface area (Å²) in [4.78, 5) is 4.63. The zero-order chi connectivity index (χ0) is 26.9. The molecule has 0 aliphatic rings. The first-order valence-electron chi connectivity index (χ1n) is 10.2. The second-order valence-corrected chi connectivity index (χ2v) is 10.8. The highest BCUT2D eigenvalue weighted by molar-refractivity contribution is 7.91. The van der Waals surface area contributed by atoms with E-state index in [-0.39, 0.29) is 21.4 Å². The molecule has 13 heteroatoms. The van der Waals surface area contributed by atoms with Crippen molar-refractivity contribution in [2.24, 2.45) is 0 Å². The lowest BCUT2D eigenvalue weighted by Gasteiger charge is -2.16. The number of alkyl halides is 6. The van der Waals surface area contributed by atoms with E-state index < -0.39 is 39.2 Å². The molecule has 0 aliphatic heterocycles. The van der Waals surface area contributed by atoms with Crippen LogP contribution in [-0.2, 0) is 16.0 Å². The Hall–Kier alpha value is -3.19. The molecule has 3 rings (SSSR count). The number of para-hydroxylation sites is 1. The van der Waals surface area contributed by atoms with Gasteiger partial charge in [-0.1, -0.05) is 19.1 Å². The van der Waals surface area contributed by atoms with Crippen molar-refractivity contribution in [2.45, 2.75) is 31.2 Å². The number of hydrogen-bond acceptors (Lipinski definition) is 6. The molecule has 192 valence electrons. The number of aryl methyl sites for hydroxylation is 1. The number of rotatable bonds is 7. The zero-order valence-corrected chi connectivity index (χ0v) is 20.4. The molecule has 0 saturated carbocycles. The maximum Gasteiger partial charge on any atom is 0.432 e. The molecule has 0 aliphatic carbocycles. The van der Waals surface area contributed by atoms with Crippen molar-refractivity contribution < 1.29 is 34.8 Å². The molecule has 0 atom stereocenters. The van der Waals surface area contributed by atoms with Crippen LogP contribution in [0.1, 0.15) is 22.9 Å². The molecule has 5 nitrogen and oxygen atoms in total. The van der Waals surface area contributed by atoms with Crippen molar-refractivity contribution in [1.29, 1.82) is 5.41 Å². The predicted molar refractivity (Wildman–Crippen MR) is 127 cm³/mol. The summed E-state index contributed by atoms with van der Waals surface area (Å²) >= 11 is 0.942. The highest BCUT2D eigenvalue weighted by Crippen LogP contribution is 2.38. The standard InChI is InChI=1S/C23H19F6N3O2S2/c1-3-36(33,34)21-13(2)10-14(12-31-21)18-8-9-19(35-18)17(11-20(30)23(27,28)29)32-16-7-5-4-6-15(16)22(24,25)26/h4-12,30,32H,3H2,1-2H3/b17-11-,30-20?. The average molecular weight is 548 g/mol. The van der Waals surface area contributed by atoms with Crippen molar-refractivity contribution in [2.75, 3.05) is 11.1 Å². The number of anilines is 1. The summed E-state index contributed by atoms with van der Waals surface area (Å²) in [6, 6.07) is 8.77. The Morgan fingerprint density at radius 1 is 1.11 bits per heavy atom. The Labute approximate surface area is 206 Å². The maximum absolute atomic E-state index is 13.4. The van der Waals surface area contributed by atoms with Crippen molar-refractivity contribution >= 4 is 38.3 Å². The van der Waals surface area contributed by atoms with Crippen LogP contribution in [0, 0.1) is 12.3 Å². The Morgan fingerprint density at radius 2 is 1.78 bits per heavy atom. The molecule has 2 N–H and O–H groups in total. The lowest BCUT2D eigenvalue weighted by Crippen LogP contribution is -2.20. The monoisotopic (exact) mass is 547 g/mol. The van der Waals surface area contributed by atoms with Gasteiger partial charge in [-0.3, -0.25) is 5.41 Å². The number of hydrogen-bond donors (Lipinski definition) is 2. The zero-order valence-electron chi connectivity index (χ0n) is 18.8. The van der Waals surface area contributed by atoms with Crippen LogP contribution in [0.15, 0.2) is 59.8 Å². The lowest BCUT2D eigenvalue weighted by atomic mass is 10.1. The fourth-order valence-electron chi connectivity index (χ4n) is 3.18. The number of allylic oxidation sites excluding steroid dienone is 1. The van der Waals surface area contributed by atoms with Gasteiger partial charge in [0.15, 0.2) is 14.9 Å². The summed E-state index contributed by atoms with van der Waals surface area (Å²) in [6.07, 6.45) is -8.06. The molecular formula is C23H19F6N3O2S2. The van der Waals surface area contributed by atoms with Crippen LogP contribution in [0.2, 0.25) is 0 Å². The molecule has 0 fully saturated rings. The summed E-state index contributed by atoms with van der Waals surface area (Å²) in [6.45, 7) is 3.03. The summed E-state index contributed by atoms with van der Waals surface area (Å²) in [5.74, 6) is -0.145. The normalized spacial score (nSPS) is 13.1. The predicted octanol–water partition coefficient (Wildman–Crippen LogP) is 6.97. The lowest BCUT2D eigenvalue weighted by molar-refractivity contribution is -0.136. The Kier molecular flexibility index (Phi) is 7.65. The van der Waals surface area contributed by atoms with E-state index in [1.54, 1.807) is 13.0 Å². The minimum absolute atomic E-state index is 0.0878. The van der Waals surface area contributed by atoms with Gasteiger partial charge in [-0.15, -0.1) is 11.3 Å². The minimum Gasteiger partial charge on any atom is -0.354 e. The molecule has 0 unspecified atom stereocenters. The third-order valence-electron chi connectivity index (χ3n) is 4.96. The van der Waals surface area contributed by atoms with Crippen molar-refractivity contribution in [3.63, 3.8) is 0 Å². The van der Waals surface area contributed by atoms with E-state index >= 15 is 0 Å². The van der Waals surface area contributed by atoms with Crippen LogP contribution in [0.3, 0.4) is 0 Å². The Bertz CT molecular complexity index is 1420. The van der Waals surface area contributed by atoms with Gasteiger partial charge >= 0.3 is 12.4 Å². The molecule has 3 aromatic rings. The van der Waals surface area contributed by atoms with E-state index in [1.165, 1.54) is 31.3 Å². The van der Waals surface area contributed by atoms with Gasteiger partial charge in [0, 0.05) is 16.6 Å². The highest BCUT2D eigenvalue weighted by atomic mass is 32.2. The molecule has 1 aromatic carbocycles. The smallest absolute Gasteiger partial charge is 0.354 e.